The van der Waals surface area contributed by atoms with E-state index < -0.39 is 6.04 Å². The van der Waals surface area contributed by atoms with Gasteiger partial charge in [-0.2, -0.15) is 0 Å². The van der Waals surface area contributed by atoms with Crippen molar-refractivity contribution in [3.8, 4) is 0 Å². The largest absolute Gasteiger partial charge is 0.355 e. The molecule has 6 heteroatoms. The molecule has 0 fully saturated rings. The van der Waals surface area contributed by atoms with Gasteiger partial charge in [-0.3, -0.25) is 4.79 Å². The number of anilines is 1. The third-order valence-corrected chi connectivity index (χ3v) is 3.48. The summed E-state index contributed by atoms with van der Waals surface area (Å²) < 4.78 is 0. The van der Waals surface area contributed by atoms with Crippen LogP contribution in [0.15, 0.2) is 29.2 Å². The summed E-state index contributed by atoms with van der Waals surface area (Å²) >= 11 is 1.66. The van der Waals surface area contributed by atoms with Crippen molar-refractivity contribution in [2.45, 2.75) is 31.7 Å². The van der Waals surface area contributed by atoms with E-state index >= 15 is 0 Å². The van der Waals surface area contributed by atoms with Crippen LogP contribution in [0.2, 0.25) is 0 Å². The molecule has 1 aromatic carbocycles. The summed E-state index contributed by atoms with van der Waals surface area (Å²) in [7, 11) is 0. The van der Waals surface area contributed by atoms with Crippen molar-refractivity contribution in [1.82, 2.24) is 10.6 Å². The number of carbonyl (C=O) groups is 2. The SMILES string of the molecule is CCNC(=O)[C@@H](C)NC(=O)Nc1ccccc1SCC. The second kappa shape index (κ2) is 8.47. The Labute approximate surface area is 123 Å². The normalized spacial score (nSPS) is 11.6. The molecule has 1 aromatic rings. The predicted molar refractivity (Wildman–Crippen MR) is 83.1 cm³/mol. The maximum atomic E-state index is 11.9. The second-order valence-electron chi connectivity index (χ2n) is 4.14. The van der Waals surface area contributed by atoms with Gasteiger partial charge in [0.25, 0.3) is 0 Å². The molecule has 0 aromatic heterocycles. The Balaban J connectivity index is 2.60. The van der Waals surface area contributed by atoms with Crippen LogP contribution in [0, 0.1) is 0 Å². The van der Waals surface area contributed by atoms with E-state index in [-0.39, 0.29) is 11.9 Å². The van der Waals surface area contributed by atoms with Gasteiger partial charge in [0, 0.05) is 11.4 Å². The fourth-order valence-electron chi connectivity index (χ4n) is 1.60. The summed E-state index contributed by atoms with van der Waals surface area (Å²) in [6, 6.07) is 6.64. The summed E-state index contributed by atoms with van der Waals surface area (Å²) in [4.78, 5) is 24.4. The quantitative estimate of drug-likeness (QED) is 0.706. The zero-order valence-corrected chi connectivity index (χ0v) is 12.8. The highest BCUT2D eigenvalue weighted by molar-refractivity contribution is 7.99. The number of nitrogens with one attached hydrogen (secondary N) is 3. The van der Waals surface area contributed by atoms with Gasteiger partial charge in [-0.25, -0.2) is 4.79 Å². The van der Waals surface area contributed by atoms with Crippen molar-refractivity contribution >= 4 is 29.4 Å². The zero-order chi connectivity index (χ0) is 15.0. The van der Waals surface area contributed by atoms with Gasteiger partial charge in [-0.1, -0.05) is 19.1 Å². The highest BCUT2D eigenvalue weighted by atomic mass is 32.2. The average molecular weight is 295 g/mol. The van der Waals surface area contributed by atoms with E-state index in [1.54, 1.807) is 18.7 Å². The molecule has 0 saturated carbocycles. The van der Waals surface area contributed by atoms with Gasteiger partial charge in [0.05, 0.1) is 5.69 Å². The molecule has 110 valence electrons. The van der Waals surface area contributed by atoms with Crippen LogP contribution in [-0.2, 0) is 4.79 Å². The number of carbonyl (C=O) groups excluding carboxylic acids is 2. The van der Waals surface area contributed by atoms with Crippen molar-refractivity contribution < 1.29 is 9.59 Å². The number of amides is 3. The summed E-state index contributed by atoms with van der Waals surface area (Å²) in [6.45, 7) is 6.08. The number of thioether (sulfide) groups is 1. The standard InChI is InChI=1S/C14H21N3O2S/c1-4-15-13(18)10(3)16-14(19)17-11-8-6-7-9-12(11)20-5-2/h6-10H,4-5H2,1-3H3,(H,15,18)(H2,16,17,19)/t10-/m1/s1. The maximum Gasteiger partial charge on any atom is 0.319 e. The first-order valence-corrected chi connectivity index (χ1v) is 7.64. The van der Waals surface area contributed by atoms with Gasteiger partial charge in [0.1, 0.15) is 6.04 Å². The van der Waals surface area contributed by atoms with Crippen molar-refractivity contribution in [3.05, 3.63) is 24.3 Å². The van der Waals surface area contributed by atoms with E-state index in [9.17, 15) is 9.59 Å². The molecule has 1 rings (SSSR count). The number of hydrogen-bond donors (Lipinski definition) is 3. The smallest absolute Gasteiger partial charge is 0.319 e. The summed E-state index contributed by atoms with van der Waals surface area (Å²) in [5.41, 5.74) is 0.750. The van der Waals surface area contributed by atoms with Crippen LogP contribution in [0.3, 0.4) is 0 Å². The van der Waals surface area contributed by atoms with Gasteiger partial charge in [0.15, 0.2) is 0 Å². The molecule has 0 aliphatic rings. The maximum absolute atomic E-state index is 11.9. The van der Waals surface area contributed by atoms with Gasteiger partial charge in [-0.15, -0.1) is 11.8 Å². The third-order valence-electron chi connectivity index (χ3n) is 2.53. The van der Waals surface area contributed by atoms with Crippen LogP contribution in [0.1, 0.15) is 20.8 Å². The Morgan fingerprint density at radius 2 is 1.95 bits per heavy atom. The van der Waals surface area contributed by atoms with E-state index in [2.05, 4.69) is 22.9 Å². The number of rotatable bonds is 6. The lowest BCUT2D eigenvalue weighted by molar-refractivity contribution is -0.122. The Morgan fingerprint density at radius 1 is 1.25 bits per heavy atom. The molecule has 0 heterocycles. The minimum absolute atomic E-state index is 0.195. The monoisotopic (exact) mass is 295 g/mol. The first kappa shape index (κ1) is 16.4. The molecule has 3 N–H and O–H groups in total. The van der Waals surface area contributed by atoms with E-state index in [0.29, 0.717) is 6.54 Å². The lowest BCUT2D eigenvalue weighted by Crippen LogP contribution is -2.46. The van der Waals surface area contributed by atoms with Gasteiger partial charge < -0.3 is 16.0 Å². The third kappa shape index (κ3) is 5.13. The fourth-order valence-corrected chi connectivity index (χ4v) is 2.36. The highest BCUT2D eigenvalue weighted by Gasteiger charge is 2.15. The summed E-state index contributed by atoms with van der Waals surface area (Å²) in [5, 5.41) is 8.04. The Kier molecular flexibility index (Phi) is 6.93. The summed E-state index contributed by atoms with van der Waals surface area (Å²) in [5.74, 6) is 0.731. The lowest BCUT2D eigenvalue weighted by atomic mass is 10.3. The highest BCUT2D eigenvalue weighted by Crippen LogP contribution is 2.26. The topological polar surface area (TPSA) is 70.2 Å². The van der Waals surface area contributed by atoms with E-state index in [4.69, 9.17) is 0 Å². The molecule has 0 radical (unpaired) electrons. The van der Waals surface area contributed by atoms with Crippen molar-refractivity contribution in [3.63, 3.8) is 0 Å². The van der Waals surface area contributed by atoms with E-state index in [1.165, 1.54) is 0 Å². The Bertz CT molecular complexity index is 465. The zero-order valence-electron chi connectivity index (χ0n) is 12.0. The number of urea groups is 1. The molecular formula is C14H21N3O2S. The van der Waals surface area contributed by atoms with Crippen LogP contribution in [-0.4, -0.2) is 30.3 Å². The molecule has 0 spiro atoms. The molecule has 0 bridgehead atoms. The molecule has 0 aliphatic heterocycles. The molecule has 0 aliphatic carbocycles. The van der Waals surface area contributed by atoms with Gasteiger partial charge in [0.2, 0.25) is 5.91 Å². The molecule has 3 amide bonds. The molecule has 0 unspecified atom stereocenters. The molecular weight excluding hydrogens is 274 g/mol. The number of likely N-dealkylation sites (N-methyl/N-ethyl adjacent to an activating group) is 1. The van der Waals surface area contributed by atoms with Crippen LogP contribution >= 0.6 is 11.8 Å². The second-order valence-corrected chi connectivity index (χ2v) is 5.45. The predicted octanol–water partition coefficient (Wildman–Crippen LogP) is 2.44. The van der Waals surface area contributed by atoms with Crippen LogP contribution in [0.25, 0.3) is 0 Å². The van der Waals surface area contributed by atoms with Crippen molar-refractivity contribution in [2.75, 3.05) is 17.6 Å². The van der Waals surface area contributed by atoms with Crippen molar-refractivity contribution in [2.24, 2.45) is 0 Å². The molecule has 0 saturated heterocycles. The minimum Gasteiger partial charge on any atom is -0.355 e. The lowest BCUT2D eigenvalue weighted by Gasteiger charge is -2.15. The van der Waals surface area contributed by atoms with E-state index in [0.717, 1.165) is 16.3 Å². The Morgan fingerprint density at radius 3 is 2.60 bits per heavy atom. The van der Waals surface area contributed by atoms with Crippen LogP contribution in [0.4, 0.5) is 10.5 Å². The van der Waals surface area contributed by atoms with E-state index in [1.807, 2.05) is 31.2 Å². The number of para-hydroxylation sites is 1. The summed E-state index contributed by atoms with van der Waals surface area (Å²) in [6.07, 6.45) is 0. The fraction of sp³-hybridized carbons (Fsp3) is 0.429. The minimum atomic E-state index is -0.569. The van der Waals surface area contributed by atoms with Crippen LogP contribution < -0.4 is 16.0 Å². The van der Waals surface area contributed by atoms with Gasteiger partial charge >= 0.3 is 6.03 Å². The molecule has 5 nitrogen and oxygen atoms in total. The van der Waals surface area contributed by atoms with Crippen molar-refractivity contribution in [1.29, 1.82) is 0 Å². The molecule has 20 heavy (non-hydrogen) atoms. The number of hydrogen-bond acceptors (Lipinski definition) is 3. The first-order chi connectivity index (χ1) is 9.58. The van der Waals surface area contributed by atoms with Gasteiger partial charge in [-0.05, 0) is 31.7 Å². The average Bonchev–Trinajstić information content (AvgIpc) is 2.41. The van der Waals surface area contributed by atoms with Crippen LogP contribution in [0.5, 0.6) is 0 Å². The molecule has 1 atom stereocenters. The number of benzene rings is 1. The first-order valence-electron chi connectivity index (χ1n) is 6.65. The Hall–Kier alpha value is -1.69.